The van der Waals surface area contributed by atoms with Gasteiger partial charge < -0.3 is 10.6 Å². The fourth-order valence-corrected chi connectivity index (χ4v) is 4.26. The van der Waals surface area contributed by atoms with E-state index >= 15 is 0 Å². The molecule has 150 valence electrons. The van der Waals surface area contributed by atoms with Crippen molar-refractivity contribution in [3.05, 3.63) is 40.7 Å². The van der Waals surface area contributed by atoms with Crippen LogP contribution in [0.25, 0.3) is 0 Å². The Bertz CT molecular complexity index is 824. The summed E-state index contributed by atoms with van der Waals surface area (Å²) in [5.74, 6) is 1.28. The molecule has 1 saturated heterocycles. The van der Waals surface area contributed by atoms with E-state index in [1.165, 1.54) is 30.5 Å². The predicted octanol–water partition coefficient (Wildman–Crippen LogP) is 1.69. The molecule has 7 nitrogen and oxygen atoms in total. The number of carbonyl (C=O) groups is 1. The Morgan fingerprint density at radius 2 is 2.18 bits per heavy atom. The standard InChI is InChI=1S/C21H30N6O/c1-15-17-6-2-3-7-19(17)25-20(24-15)8-11-23-21(28)14-27-12-9-18(26-27)16-5-4-10-22-13-16/h9,12,16,22H,2-8,10-11,13-14H2,1H3,(H,23,28)/t16-/m0/s1. The lowest BCUT2D eigenvalue weighted by atomic mass is 9.95. The fourth-order valence-electron chi connectivity index (χ4n) is 4.26. The van der Waals surface area contributed by atoms with E-state index in [2.05, 4.69) is 27.6 Å². The van der Waals surface area contributed by atoms with Crippen LogP contribution in [0.4, 0.5) is 0 Å². The number of nitrogens with zero attached hydrogens (tertiary/aromatic N) is 4. The Balaban J connectivity index is 1.26. The first-order valence-corrected chi connectivity index (χ1v) is 10.5. The highest BCUT2D eigenvalue weighted by molar-refractivity contribution is 5.75. The van der Waals surface area contributed by atoms with E-state index in [9.17, 15) is 4.79 Å². The molecule has 7 heteroatoms. The maximum atomic E-state index is 12.3. The molecule has 1 atom stereocenters. The number of carbonyl (C=O) groups excluding carboxylic acids is 1. The lowest BCUT2D eigenvalue weighted by Crippen LogP contribution is -2.30. The number of aryl methyl sites for hydroxylation is 2. The van der Waals surface area contributed by atoms with Crippen LogP contribution < -0.4 is 10.6 Å². The molecular formula is C21H30N6O. The maximum absolute atomic E-state index is 12.3. The van der Waals surface area contributed by atoms with Gasteiger partial charge in [0.1, 0.15) is 12.4 Å². The van der Waals surface area contributed by atoms with Gasteiger partial charge in [0.2, 0.25) is 5.91 Å². The van der Waals surface area contributed by atoms with E-state index in [0.29, 0.717) is 18.9 Å². The van der Waals surface area contributed by atoms with Gasteiger partial charge >= 0.3 is 0 Å². The van der Waals surface area contributed by atoms with Crippen molar-refractivity contribution in [1.82, 2.24) is 30.4 Å². The van der Waals surface area contributed by atoms with Crippen molar-refractivity contribution >= 4 is 5.91 Å². The Morgan fingerprint density at radius 3 is 3.04 bits per heavy atom. The molecule has 1 aliphatic carbocycles. The largest absolute Gasteiger partial charge is 0.354 e. The van der Waals surface area contributed by atoms with Crippen molar-refractivity contribution in [1.29, 1.82) is 0 Å². The van der Waals surface area contributed by atoms with Gasteiger partial charge in [-0.1, -0.05) is 0 Å². The van der Waals surface area contributed by atoms with Gasteiger partial charge in [0.05, 0.1) is 5.69 Å². The molecule has 0 aromatic carbocycles. The number of piperidine rings is 1. The highest BCUT2D eigenvalue weighted by Crippen LogP contribution is 2.22. The normalized spacial score (nSPS) is 19.2. The van der Waals surface area contributed by atoms with Crippen LogP contribution in [-0.4, -0.2) is 45.3 Å². The van der Waals surface area contributed by atoms with Crippen molar-refractivity contribution in [2.24, 2.45) is 0 Å². The van der Waals surface area contributed by atoms with E-state index in [1.54, 1.807) is 4.68 Å². The Labute approximate surface area is 166 Å². The van der Waals surface area contributed by atoms with Gasteiger partial charge in [-0.25, -0.2) is 9.97 Å². The first-order valence-electron chi connectivity index (χ1n) is 10.5. The predicted molar refractivity (Wildman–Crippen MR) is 107 cm³/mol. The second kappa shape index (κ2) is 8.82. The summed E-state index contributed by atoms with van der Waals surface area (Å²) in [6.07, 6.45) is 9.51. The van der Waals surface area contributed by atoms with Crippen LogP contribution in [0.15, 0.2) is 12.3 Å². The van der Waals surface area contributed by atoms with Crippen molar-refractivity contribution in [2.45, 2.75) is 64.3 Å². The molecule has 1 fully saturated rings. The third-order valence-electron chi connectivity index (χ3n) is 5.79. The summed E-state index contributed by atoms with van der Waals surface area (Å²) in [6.45, 7) is 4.95. The molecule has 3 heterocycles. The molecule has 2 N–H and O–H groups in total. The number of rotatable bonds is 6. The molecule has 1 aliphatic heterocycles. The van der Waals surface area contributed by atoms with E-state index in [0.717, 1.165) is 49.6 Å². The van der Waals surface area contributed by atoms with Crippen LogP contribution in [0.2, 0.25) is 0 Å². The number of hydrogen-bond donors (Lipinski definition) is 2. The van der Waals surface area contributed by atoms with Crippen LogP contribution in [-0.2, 0) is 30.6 Å². The van der Waals surface area contributed by atoms with Crippen molar-refractivity contribution < 1.29 is 4.79 Å². The quantitative estimate of drug-likeness (QED) is 0.794. The minimum absolute atomic E-state index is 0.0221. The first-order chi connectivity index (χ1) is 13.7. The number of fused-ring (bicyclic) bond motifs is 1. The lowest BCUT2D eigenvalue weighted by Gasteiger charge is -2.20. The summed E-state index contributed by atoms with van der Waals surface area (Å²) in [4.78, 5) is 21.6. The number of nitrogens with one attached hydrogen (secondary N) is 2. The SMILES string of the molecule is Cc1nc(CCNC(=O)Cn2ccc([C@H]3CCCNC3)n2)nc2c1CCCC2. The zero-order valence-electron chi connectivity index (χ0n) is 16.7. The van der Waals surface area contributed by atoms with Gasteiger partial charge in [0.25, 0.3) is 0 Å². The average Bonchev–Trinajstić information content (AvgIpc) is 3.17. The summed E-state index contributed by atoms with van der Waals surface area (Å²) in [5, 5.41) is 11.0. The van der Waals surface area contributed by atoms with Crippen LogP contribution in [0.3, 0.4) is 0 Å². The molecule has 0 radical (unpaired) electrons. The molecule has 1 amide bonds. The van der Waals surface area contributed by atoms with Crippen molar-refractivity contribution in [3.63, 3.8) is 0 Å². The number of amides is 1. The lowest BCUT2D eigenvalue weighted by molar-refractivity contribution is -0.121. The topological polar surface area (TPSA) is 84.7 Å². The molecular weight excluding hydrogens is 352 g/mol. The van der Waals surface area contributed by atoms with E-state index in [4.69, 9.17) is 4.98 Å². The Morgan fingerprint density at radius 1 is 1.29 bits per heavy atom. The molecule has 0 spiro atoms. The zero-order chi connectivity index (χ0) is 19.3. The summed E-state index contributed by atoms with van der Waals surface area (Å²) < 4.78 is 1.73. The van der Waals surface area contributed by atoms with Gasteiger partial charge in [-0.15, -0.1) is 0 Å². The zero-order valence-corrected chi connectivity index (χ0v) is 16.7. The molecule has 4 rings (SSSR count). The fraction of sp³-hybridized carbons (Fsp3) is 0.619. The van der Waals surface area contributed by atoms with Gasteiger partial charge in [-0.05, 0) is 63.6 Å². The molecule has 0 saturated carbocycles. The van der Waals surface area contributed by atoms with Gasteiger partial charge in [-0.2, -0.15) is 5.10 Å². The van der Waals surface area contributed by atoms with Crippen LogP contribution in [0.5, 0.6) is 0 Å². The van der Waals surface area contributed by atoms with Crippen molar-refractivity contribution in [3.8, 4) is 0 Å². The third-order valence-corrected chi connectivity index (χ3v) is 5.79. The minimum Gasteiger partial charge on any atom is -0.354 e. The molecule has 0 unspecified atom stereocenters. The van der Waals surface area contributed by atoms with Gasteiger partial charge in [0.15, 0.2) is 0 Å². The average molecular weight is 383 g/mol. The monoisotopic (exact) mass is 382 g/mol. The van der Waals surface area contributed by atoms with E-state index in [-0.39, 0.29) is 12.5 Å². The van der Waals surface area contributed by atoms with Crippen LogP contribution in [0.1, 0.15) is 60.1 Å². The number of aromatic nitrogens is 4. The maximum Gasteiger partial charge on any atom is 0.241 e. The highest BCUT2D eigenvalue weighted by atomic mass is 16.2. The third kappa shape index (κ3) is 4.58. The second-order valence-electron chi connectivity index (χ2n) is 7.94. The highest BCUT2D eigenvalue weighted by Gasteiger charge is 2.18. The summed E-state index contributed by atoms with van der Waals surface area (Å²) in [6, 6.07) is 2.04. The molecule has 2 aliphatic rings. The van der Waals surface area contributed by atoms with Crippen molar-refractivity contribution in [2.75, 3.05) is 19.6 Å². The summed E-state index contributed by atoms with van der Waals surface area (Å²) in [5.41, 5.74) is 4.73. The molecule has 2 aromatic heterocycles. The molecule has 28 heavy (non-hydrogen) atoms. The smallest absolute Gasteiger partial charge is 0.241 e. The summed E-state index contributed by atoms with van der Waals surface area (Å²) >= 11 is 0. The van der Waals surface area contributed by atoms with Gasteiger partial charge in [0, 0.05) is 43.0 Å². The van der Waals surface area contributed by atoms with Crippen LogP contribution >= 0.6 is 0 Å². The van der Waals surface area contributed by atoms with E-state index < -0.39 is 0 Å². The Hall–Kier alpha value is -2.28. The number of hydrogen-bond acceptors (Lipinski definition) is 5. The van der Waals surface area contributed by atoms with Crippen LogP contribution in [0, 0.1) is 6.92 Å². The second-order valence-corrected chi connectivity index (χ2v) is 7.94. The first kappa shape index (κ1) is 19.1. The molecule has 0 bridgehead atoms. The molecule has 2 aromatic rings. The Kier molecular flexibility index (Phi) is 6.00. The summed E-state index contributed by atoms with van der Waals surface area (Å²) in [7, 11) is 0. The minimum atomic E-state index is -0.0221. The van der Waals surface area contributed by atoms with E-state index in [1.807, 2.05) is 12.3 Å². The van der Waals surface area contributed by atoms with Gasteiger partial charge in [-0.3, -0.25) is 9.48 Å².